The Balaban J connectivity index is 1.49. The number of carbonyl (C=O) groups is 1. The molecule has 3 aromatic carbocycles. The van der Waals surface area contributed by atoms with Gasteiger partial charge in [0.15, 0.2) is 0 Å². The fourth-order valence-electron chi connectivity index (χ4n) is 2.72. The summed E-state index contributed by atoms with van der Waals surface area (Å²) in [5.41, 5.74) is 2.66. The first-order valence-electron chi connectivity index (χ1n) is 9.55. The molecule has 0 heterocycles. The predicted octanol–water partition coefficient (Wildman–Crippen LogP) is 5.54. The number of rotatable bonds is 10. The summed E-state index contributed by atoms with van der Waals surface area (Å²) < 4.78 is 16.4. The molecule has 0 saturated heterocycles. The van der Waals surface area contributed by atoms with Crippen LogP contribution in [0.1, 0.15) is 16.8 Å². The molecule has 29 heavy (non-hydrogen) atoms. The van der Waals surface area contributed by atoms with Crippen LogP contribution in [-0.2, 0) is 4.74 Å². The molecule has 0 unspecified atom stereocenters. The van der Waals surface area contributed by atoms with Gasteiger partial charge in [-0.05, 0) is 47.5 Å². The third kappa shape index (κ3) is 6.33. The molecule has 0 spiro atoms. The Morgan fingerprint density at radius 2 is 1.45 bits per heavy atom. The van der Waals surface area contributed by atoms with Crippen molar-refractivity contribution in [2.24, 2.45) is 0 Å². The second-order valence-electron chi connectivity index (χ2n) is 6.37. The number of hydrogen-bond acceptors (Lipinski definition) is 4. The molecular formula is C25H24O4. The Labute approximate surface area is 171 Å². The lowest BCUT2D eigenvalue weighted by molar-refractivity contribution is 0.0734. The highest BCUT2D eigenvalue weighted by Crippen LogP contribution is 2.23. The largest absolute Gasteiger partial charge is 0.494 e. The van der Waals surface area contributed by atoms with Gasteiger partial charge in [0.1, 0.15) is 11.5 Å². The van der Waals surface area contributed by atoms with Crippen LogP contribution in [0.3, 0.4) is 0 Å². The van der Waals surface area contributed by atoms with E-state index in [9.17, 15) is 4.79 Å². The van der Waals surface area contributed by atoms with Crippen LogP contribution < -0.4 is 9.47 Å². The molecular weight excluding hydrogens is 364 g/mol. The van der Waals surface area contributed by atoms with E-state index in [0.717, 1.165) is 17.5 Å². The van der Waals surface area contributed by atoms with Crippen LogP contribution in [0.25, 0.3) is 11.1 Å². The van der Waals surface area contributed by atoms with Crippen molar-refractivity contribution >= 4 is 5.97 Å². The van der Waals surface area contributed by atoms with Crippen molar-refractivity contribution in [2.45, 2.75) is 6.42 Å². The second-order valence-corrected chi connectivity index (χ2v) is 6.37. The van der Waals surface area contributed by atoms with E-state index in [1.165, 1.54) is 0 Å². The molecule has 0 radical (unpaired) electrons. The van der Waals surface area contributed by atoms with Crippen molar-refractivity contribution in [3.05, 3.63) is 97.1 Å². The molecule has 4 nitrogen and oxygen atoms in total. The predicted molar refractivity (Wildman–Crippen MR) is 114 cm³/mol. The first-order chi connectivity index (χ1) is 14.3. The Bertz CT molecular complexity index is 900. The summed E-state index contributed by atoms with van der Waals surface area (Å²) in [6, 6.07) is 24.4. The SMILES string of the molecule is C=CCOCCCOc1ccc(C(=O)Oc2ccc(-c3ccccc3)cc2)cc1. The topological polar surface area (TPSA) is 44.8 Å². The number of ether oxygens (including phenoxy) is 3. The van der Waals surface area contributed by atoms with Gasteiger partial charge in [0.05, 0.1) is 25.4 Å². The minimum atomic E-state index is -0.401. The summed E-state index contributed by atoms with van der Waals surface area (Å²) in [5, 5.41) is 0. The van der Waals surface area contributed by atoms with Gasteiger partial charge >= 0.3 is 5.97 Å². The molecule has 0 atom stereocenters. The lowest BCUT2D eigenvalue weighted by atomic mass is 10.1. The minimum Gasteiger partial charge on any atom is -0.494 e. The fraction of sp³-hybridized carbons (Fsp3) is 0.160. The van der Waals surface area contributed by atoms with Crippen LogP contribution >= 0.6 is 0 Å². The lowest BCUT2D eigenvalue weighted by Crippen LogP contribution is -2.08. The summed E-state index contributed by atoms with van der Waals surface area (Å²) >= 11 is 0. The maximum absolute atomic E-state index is 12.4. The molecule has 0 saturated carbocycles. The molecule has 0 amide bonds. The monoisotopic (exact) mass is 388 g/mol. The highest BCUT2D eigenvalue weighted by molar-refractivity contribution is 5.91. The zero-order chi connectivity index (χ0) is 20.3. The Kier molecular flexibility index (Phi) is 7.61. The molecule has 0 N–H and O–H groups in total. The van der Waals surface area contributed by atoms with Gasteiger partial charge in [0.2, 0.25) is 0 Å². The van der Waals surface area contributed by atoms with Gasteiger partial charge in [0, 0.05) is 6.42 Å². The summed E-state index contributed by atoms with van der Waals surface area (Å²) in [4.78, 5) is 12.4. The third-order valence-electron chi connectivity index (χ3n) is 4.20. The summed E-state index contributed by atoms with van der Waals surface area (Å²) in [7, 11) is 0. The van der Waals surface area contributed by atoms with Gasteiger partial charge in [0.25, 0.3) is 0 Å². The van der Waals surface area contributed by atoms with Crippen molar-refractivity contribution in [1.29, 1.82) is 0 Å². The normalized spacial score (nSPS) is 10.3. The first kappa shape index (κ1) is 20.4. The van der Waals surface area contributed by atoms with Gasteiger partial charge in [-0.1, -0.05) is 48.5 Å². The average molecular weight is 388 g/mol. The minimum absolute atomic E-state index is 0.401. The van der Waals surface area contributed by atoms with E-state index in [4.69, 9.17) is 14.2 Å². The maximum Gasteiger partial charge on any atom is 0.343 e. The van der Waals surface area contributed by atoms with Gasteiger partial charge < -0.3 is 14.2 Å². The molecule has 0 aliphatic rings. The smallest absolute Gasteiger partial charge is 0.343 e. The van der Waals surface area contributed by atoms with Crippen LogP contribution in [0.2, 0.25) is 0 Å². The van der Waals surface area contributed by atoms with E-state index in [-0.39, 0.29) is 0 Å². The number of hydrogen-bond donors (Lipinski definition) is 0. The van der Waals surface area contributed by atoms with Gasteiger partial charge in [-0.3, -0.25) is 0 Å². The van der Waals surface area contributed by atoms with Crippen molar-refractivity contribution in [1.82, 2.24) is 0 Å². The number of esters is 1. The summed E-state index contributed by atoms with van der Waals surface area (Å²) in [6.07, 6.45) is 2.51. The van der Waals surface area contributed by atoms with E-state index in [0.29, 0.717) is 36.9 Å². The van der Waals surface area contributed by atoms with Crippen molar-refractivity contribution in [3.8, 4) is 22.6 Å². The zero-order valence-corrected chi connectivity index (χ0v) is 16.3. The van der Waals surface area contributed by atoms with E-state index >= 15 is 0 Å². The van der Waals surface area contributed by atoms with Crippen molar-refractivity contribution in [3.63, 3.8) is 0 Å². The summed E-state index contributed by atoms with van der Waals surface area (Å²) in [6.45, 7) is 5.32. The first-order valence-corrected chi connectivity index (χ1v) is 9.55. The van der Waals surface area contributed by atoms with Crippen LogP contribution in [0, 0.1) is 0 Å². The highest BCUT2D eigenvalue weighted by Gasteiger charge is 2.09. The van der Waals surface area contributed by atoms with E-state index in [1.807, 2.05) is 42.5 Å². The molecule has 3 rings (SSSR count). The Morgan fingerprint density at radius 3 is 2.14 bits per heavy atom. The van der Waals surface area contributed by atoms with Gasteiger partial charge in [-0.25, -0.2) is 4.79 Å². The van der Waals surface area contributed by atoms with Gasteiger partial charge in [-0.15, -0.1) is 6.58 Å². The van der Waals surface area contributed by atoms with E-state index in [1.54, 1.807) is 42.5 Å². The van der Waals surface area contributed by atoms with Crippen molar-refractivity contribution in [2.75, 3.05) is 19.8 Å². The van der Waals surface area contributed by atoms with Crippen molar-refractivity contribution < 1.29 is 19.0 Å². The van der Waals surface area contributed by atoms with E-state index < -0.39 is 5.97 Å². The molecule has 148 valence electrons. The summed E-state index contributed by atoms with van der Waals surface area (Å²) in [5.74, 6) is 0.814. The molecule has 0 aliphatic carbocycles. The van der Waals surface area contributed by atoms with E-state index in [2.05, 4.69) is 6.58 Å². The quantitative estimate of drug-likeness (QED) is 0.198. The van der Waals surface area contributed by atoms with Crippen LogP contribution in [0.5, 0.6) is 11.5 Å². The van der Waals surface area contributed by atoms with Crippen LogP contribution in [0.4, 0.5) is 0 Å². The number of benzene rings is 3. The zero-order valence-electron chi connectivity index (χ0n) is 16.3. The highest BCUT2D eigenvalue weighted by atomic mass is 16.5. The maximum atomic E-state index is 12.4. The van der Waals surface area contributed by atoms with Crippen LogP contribution in [-0.4, -0.2) is 25.8 Å². The average Bonchev–Trinajstić information content (AvgIpc) is 2.78. The molecule has 3 aromatic rings. The molecule has 0 aliphatic heterocycles. The molecule has 0 bridgehead atoms. The Hall–Kier alpha value is -3.37. The standard InChI is InChI=1S/C25H24O4/c1-2-17-27-18-6-19-28-23-13-11-22(12-14-23)25(26)29-24-15-9-21(10-16-24)20-7-4-3-5-8-20/h2-5,7-16H,1,6,17-19H2. The number of carbonyl (C=O) groups excluding carboxylic acids is 1. The molecule has 0 aromatic heterocycles. The lowest BCUT2D eigenvalue weighted by Gasteiger charge is -2.08. The fourth-order valence-corrected chi connectivity index (χ4v) is 2.72. The molecule has 4 heteroatoms. The Morgan fingerprint density at radius 1 is 0.793 bits per heavy atom. The van der Waals surface area contributed by atoms with Crippen LogP contribution in [0.15, 0.2) is 91.5 Å². The van der Waals surface area contributed by atoms with Gasteiger partial charge in [-0.2, -0.15) is 0 Å². The third-order valence-corrected chi connectivity index (χ3v) is 4.20. The second kappa shape index (κ2) is 10.8. The molecule has 0 fully saturated rings.